The van der Waals surface area contributed by atoms with Gasteiger partial charge in [-0.15, -0.1) is 0 Å². The maximum absolute atomic E-state index is 14.6. The van der Waals surface area contributed by atoms with E-state index in [-0.39, 0.29) is 25.5 Å². The van der Waals surface area contributed by atoms with Gasteiger partial charge in [0.2, 0.25) is 5.90 Å². The molecule has 4 aromatic carbocycles. The van der Waals surface area contributed by atoms with Crippen LogP contribution in [-0.4, -0.2) is 56.4 Å². The van der Waals surface area contributed by atoms with E-state index in [1.807, 2.05) is 84.9 Å². The number of nitrogens with one attached hydrogen (secondary N) is 2. The molecule has 2 atom stereocenters. The second-order valence-electron chi connectivity index (χ2n) is 11.4. The zero-order valence-electron chi connectivity index (χ0n) is 27.5. The molecule has 0 aromatic heterocycles. The molecule has 49 heavy (non-hydrogen) atoms. The Labute approximate surface area is 285 Å². The molecular weight excluding hydrogens is 624 g/mol. The Kier molecular flexibility index (Phi) is 12.1. The minimum Gasteiger partial charge on any atom is -0.497 e. The van der Waals surface area contributed by atoms with E-state index in [2.05, 4.69) is 20.9 Å². The van der Waals surface area contributed by atoms with Crippen LogP contribution >= 0.6 is 0 Å². The molecule has 5 rings (SSSR count). The molecule has 0 fully saturated rings. The molecular formula is C37H40N6O6. The lowest BCUT2D eigenvalue weighted by Crippen LogP contribution is -2.54. The Hall–Kier alpha value is -5.55. The van der Waals surface area contributed by atoms with Crippen molar-refractivity contribution in [2.75, 3.05) is 34.0 Å². The van der Waals surface area contributed by atoms with Crippen molar-refractivity contribution in [2.45, 2.75) is 37.5 Å². The van der Waals surface area contributed by atoms with Gasteiger partial charge in [-0.3, -0.25) is 10.2 Å². The third-order valence-electron chi connectivity index (χ3n) is 8.18. The smallest absolute Gasteiger partial charge is 0.266 e. The quantitative estimate of drug-likeness (QED) is 0.0433. The highest BCUT2D eigenvalue weighted by Crippen LogP contribution is 2.43. The highest BCUT2D eigenvalue weighted by atomic mass is 16.5. The molecule has 0 saturated carbocycles. The monoisotopic (exact) mass is 664 g/mol. The molecule has 0 saturated heterocycles. The highest BCUT2D eigenvalue weighted by molar-refractivity contribution is 6.01. The summed E-state index contributed by atoms with van der Waals surface area (Å²) in [5.74, 6) is 1.89. The van der Waals surface area contributed by atoms with E-state index in [4.69, 9.17) is 34.6 Å². The summed E-state index contributed by atoms with van der Waals surface area (Å²) in [5.41, 5.74) is 17.6. The molecule has 1 aliphatic rings. The maximum atomic E-state index is 14.6. The van der Waals surface area contributed by atoms with Gasteiger partial charge >= 0.3 is 0 Å². The number of nitrogens with zero attached hydrogens (tertiary/aromatic N) is 4. The van der Waals surface area contributed by atoms with Gasteiger partial charge in [0, 0.05) is 36.5 Å². The summed E-state index contributed by atoms with van der Waals surface area (Å²) in [7, 11) is 3.21. The zero-order chi connectivity index (χ0) is 34.5. The van der Waals surface area contributed by atoms with Gasteiger partial charge in [-0.2, -0.15) is 0 Å². The van der Waals surface area contributed by atoms with Gasteiger partial charge in [-0.1, -0.05) is 53.6 Å². The van der Waals surface area contributed by atoms with Crippen molar-refractivity contribution in [2.24, 2.45) is 10.1 Å². The molecule has 0 bridgehead atoms. The van der Waals surface area contributed by atoms with Gasteiger partial charge in [0.05, 0.1) is 27.4 Å². The van der Waals surface area contributed by atoms with Crippen molar-refractivity contribution in [3.63, 3.8) is 0 Å². The van der Waals surface area contributed by atoms with Crippen molar-refractivity contribution in [3.8, 4) is 17.2 Å². The number of aliphatic hydroxyl groups excluding tert-OH is 1. The Morgan fingerprint density at radius 2 is 1.69 bits per heavy atom. The summed E-state index contributed by atoms with van der Waals surface area (Å²) in [5, 5.41) is 12.9. The molecule has 1 heterocycles. The summed E-state index contributed by atoms with van der Waals surface area (Å²) < 4.78 is 23.2. The number of carbonyl (C=O) groups is 1. The fourth-order valence-electron chi connectivity index (χ4n) is 5.66. The lowest BCUT2D eigenvalue weighted by Gasteiger charge is -2.31. The first-order valence-electron chi connectivity index (χ1n) is 16.0. The number of hydrogen-bond donors (Lipinski definition) is 3. The predicted octanol–water partition coefficient (Wildman–Crippen LogP) is 5.64. The van der Waals surface area contributed by atoms with E-state index in [1.54, 1.807) is 26.4 Å². The Balaban J connectivity index is 1.53. The normalized spacial score (nSPS) is 16.6. The number of carbonyl (C=O) groups excluding carboxylic acids is 1. The number of rotatable bonds is 17. The van der Waals surface area contributed by atoms with Gasteiger partial charge in [-0.25, -0.2) is 10.4 Å². The number of aliphatic imine (C=N–C) groups is 1. The lowest BCUT2D eigenvalue weighted by molar-refractivity contribution is -0.130. The van der Waals surface area contributed by atoms with E-state index in [1.165, 1.54) is 0 Å². The maximum Gasteiger partial charge on any atom is 0.266 e. The standard InChI is InChI=1S/C37H40N6O6/c1-46-32-12-5-8-26(22-32)18-19-39-42-36(45)37(24-29-9-3-4-10-30(29)25-40-43-38)34(28-11-6-13-33(23-28)47-2)49-35(41-37)27-14-16-31(17-15-27)48-21-7-20-44/h3-6,8-17,22-23,34,39,44H,7,18-21,24-25H2,1-2H3,(H,42,45)/t34-,37-/m0/s1. The number of methoxy groups -OCH3 is 2. The van der Waals surface area contributed by atoms with E-state index >= 15 is 0 Å². The first-order chi connectivity index (χ1) is 24.0. The second-order valence-corrected chi connectivity index (χ2v) is 11.4. The van der Waals surface area contributed by atoms with Crippen LogP contribution in [0.1, 0.15) is 40.3 Å². The number of benzene rings is 4. The van der Waals surface area contributed by atoms with Crippen LogP contribution < -0.4 is 25.1 Å². The molecule has 4 aromatic rings. The first-order valence-corrected chi connectivity index (χ1v) is 16.0. The van der Waals surface area contributed by atoms with Gasteiger partial charge in [0.25, 0.3) is 5.91 Å². The van der Waals surface area contributed by atoms with Gasteiger partial charge in [0.1, 0.15) is 17.2 Å². The van der Waals surface area contributed by atoms with E-state index in [0.717, 1.165) is 22.4 Å². The van der Waals surface area contributed by atoms with E-state index < -0.39 is 17.6 Å². The van der Waals surface area contributed by atoms with Crippen LogP contribution in [0.25, 0.3) is 10.4 Å². The molecule has 0 aliphatic carbocycles. The van der Waals surface area contributed by atoms with Gasteiger partial charge in [0.15, 0.2) is 11.6 Å². The van der Waals surface area contributed by atoms with Crippen LogP contribution in [0.4, 0.5) is 0 Å². The van der Waals surface area contributed by atoms with Crippen molar-refractivity contribution in [3.05, 3.63) is 135 Å². The summed E-state index contributed by atoms with van der Waals surface area (Å²) in [6.45, 7) is 0.985. The fourth-order valence-corrected chi connectivity index (χ4v) is 5.66. The van der Waals surface area contributed by atoms with Crippen molar-refractivity contribution >= 4 is 11.8 Å². The number of amides is 1. The van der Waals surface area contributed by atoms with Crippen LogP contribution in [0.3, 0.4) is 0 Å². The number of hydrazine groups is 1. The number of ether oxygens (including phenoxy) is 4. The molecule has 0 radical (unpaired) electrons. The minimum absolute atomic E-state index is 0.0421. The molecule has 1 aliphatic heterocycles. The minimum atomic E-state index is -1.49. The zero-order valence-corrected chi connectivity index (χ0v) is 27.5. The second kappa shape index (κ2) is 17.0. The van der Waals surface area contributed by atoms with Crippen LogP contribution in [0, 0.1) is 0 Å². The molecule has 254 valence electrons. The van der Waals surface area contributed by atoms with Gasteiger partial charge < -0.3 is 24.1 Å². The van der Waals surface area contributed by atoms with Crippen LogP contribution in [0.2, 0.25) is 0 Å². The Bertz CT molecular complexity index is 1790. The Morgan fingerprint density at radius 1 is 0.959 bits per heavy atom. The summed E-state index contributed by atoms with van der Waals surface area (Å²) in [6, 6.07) is 29.9. The SMILES string of the molecule is COc1cccc(CCNNC(=O)[C@@]2(Cc3ccccc3CN=[N+]=[N-])N=C(c3ccc(OCCCO)cc3)O[C@H]2c2cccc(OC)c2)c1. The summed E-state index contributed by atoms with van der Waals surface area (Å²) in [4.78, 5) is 22.6. The molecule has 0 unspecified atom stereocenters. The average molecular weight is 665 g/mol. The Morgan fingerprint density at radius 3 is 2.43 bits per heavy atom. The molecule has 3 N–H and O–H groups in total. The topological polar surface area (TPSA) is 159 Å². The predicted molar refractivity (Wildman–Crippen MR) is 186 cm³/mol. The summed E-state index contributed by atoms with van der Waals surface area (Å²) in [6.07, 6.45) is 0.440. The first kappa shape index (κ1) is 34.8. The van der Waals surface area contributed by atoms with Crippen LogP contribution in [-0.2, 0) is 28.9 Å². The van der Waals surface area contributed by atoms with Crippen molar-refractivity contribution < 1.29 is 28.8 Å². The number of hydrogen-bond acceptors (Lipinski definition) is 9. The number of aliphatic hydroxyl groups is 1. The number of azide groups is 1. The van der Waals surface area contributed by atoms with Crippen molar-refractivity contribution in [1.29, 1.82) is 0 Å². The summed E-state index contributed by atoms with van der Waals surface area (Å²) >= 11 is 0. The van der Waals surface area contributed by atoms with Crippen molar-refractivity contribution in [1.82, 2.24) is 10.9 Å². The average Bonchev–Trinajstić information content (AvgIpc) is 3.54. The molecule has 0 spiro atoms. The van der Waals surface area contributed by atoms with E-state index in [0.29, 0.717) is 48.6 Å². The van der Waals surface area contributed by atoms with Crippen LogP contribution in [0.5, 0.6) is 17.2 Å². The highest BCUT2D eigenvalue weighted by Gasteiger charge is 2.53. The van der Waals surface area contributed by atoms with Gasteiger partial charge in [-0.05, 0) is 82.7 Å². The largest absolute Gasteiger partial charge is 0.497 e. The lowest BCUT2D eigenvalue weighted by atomic mass is 9.81. The molecule has 1 amide bonds. The third kappa shape index (κ3) is 8.68. The third-order valence-corrected chi connectivity index (χ3v) is 8.18. The molecule has 12 nitrogen and oxygen atoms in total. The fraction of sp³-hybridized carbons (Fsp3) is 0.297. The molecule has 12 heteroatoms. The van der Waals surface area contributed by atoms with E-state index in [9.17, 15) is 4.79 Å². The van der Waals surface area contributed by atoms with Crippen LogP contribution in [0.15, 0.2) is 107 Å².